The Labute approximate surface area is 196 Å². The zero-order valence-electron chi connectivity index (χ0n) is 18.2. The third-order valence-corrected chi connectivity index (χ3v) is 8.30. The minimum Gasteiger partial charge on any atom is -0.364 e. The molecule has 1 saturated carbocycles. The Kier molecular flexibility index (Phi) is 5.88. The lowest BCUT2D eigenvalue weighted by Crippen LogP contribution is -2.50. The molecule has 1 aliphatic carbocycles. The number of primary amides is 1. The average molecular weight is 480 g/mol. The van der Waals surface area contributed by atoms with Gasteiger partial charge < -0.3 is 16.0 Å². The minimum atomic E-state index is -0.807. The fourth-order valence-electron chi connectivity index (χ4n) is 4.70. The first kappa shape index (κ1) is 22.9. The Hall–Kier alpha value is -2.32. The van der Waals surface area contributed by atoms with Crippen LogP contribution in [0.5, 0.6) is 0 Å². The van der Waals surface area contributed by atoms with Gasteiger partial charge in [-0.25, -0.2) is 0 Å². The fraction of sp³-hybridized carbons (Fsp3) is 0.545. The van der Waals surface area contributed by atoms with Crippen LogP contribution in [0.1, 0.15) is 37.7 Å². The molecule has 5 atom stereocenters. The van der Waals surface area contributed by atoms with Crippen molar-refractivity contribution < 1.29 is 14.4 Å². The van der Waals surface area contributed by atoms with E-state index < -0.39 is 16.3 Å². The highest BCUT2D eigenvalue weighted by molar-refractivity contribution is 6.51. The first-order chi connectivity index (χ1) is 15.0. The third kappa shape index (κ3) is 3.83. The van der Waals surface area contributed by atoms with Crippen molar-refractivity contribution in [3.63, 3.8) is 0 Å². The maximum absolute atomic E-state index is 13.3. The van der Waals surface area contributed by atoms with Crippen molar-refractivity contribution in [3.8, 4) is 0 Å². The van der Waals surface area contributed by atoms with E-state index in [-0.39, 0.29) is 47.8 Å². The summed E-state index contributed by atoms with van der Waals surface area (Å²) in [5, 5.41) is 7.79. The lowest BCUT2D eigenvalue weighted by molar-refractivity contribution is -0.140. The van der Waals surface area contributed by atoms with Crippen molar-refractivity contribution in [2.45, 2.75) is 50.2 Å². The summed E-state index contributed by atoms with van der Waals surface area (Å²) in [7, 11) is 0. The van der Waals surface area contributed by atoms with Crippen molar-refractivity contribution in [2.24, 2.45) is 23.5 Å². The van der Waals surface area contributed by atoms with Gasteiger partial charge in [0.25, 0.3) is 5.91 Å². The summed E-state index contributed by atoms with van der Waals surface area (Å²) < 4.78 is 0.669. The maximum Gasteiger partial charge on any atom is 0.269 e. The van der Waals surface area contributed by atoms with Gasteiger partial charge in [0, 0.05) is 23.9 Å². The van der Waals surface area contributed by atoms with Crippen molar-refractivity contribution in [3.05, 3.63) is 30.0 Å². The van der Waals surface area contributed by atoms with Gasteiger partial charge in [-0.05, 0) is 31.2 Å². The molecule has 3 amide bonds. The number of hydrogen-bond donors (Lipinski definition) is 2. The second kappa shape index (κ2) is 8.23. The molecule has 8 nitrogen and oxygen atoms in total. The van der Waals surface area contributed by atoms with Gasteiger partial charge in [-0.3, -0.25) is 19.1 Å². The quantitative estimate of drug-likeness (QED) is 0.619. The number of hydrogen-bond acceptors (Lipinski definition) is 4. The van der Waals surface area contributed by atoms with Gasteiger partial charge in [-0.2, -0.15) is 5.10 Å². The number of halogens is 2. The molecule has 2 aliphatic rings. The molecular weight excluding hydrogens is 453 g/mol. The van der Waals surface area contributed by atoms with Gasteiger partial charge in [0.05, 0.1) is 5.52 Å². The monoisotopic (exact) mass is 479 g/mol. The lowest BCUT2D eigenvalue weighted by Gasteiger charge is -2.28. The topological polar surface area (TPSA) is 110 Å². The molecule has 0 bridgehead atoms. The van der Waals surface area contributed by atoms with E-state index in [1.807, 2.05) is 20.8 Å². The second-order valence-corrected chi connectivity index (χ2v) is 10.4. The number of likely N-dealkylation sites (tertiary alicyclic amines) is 1. The van der Waals surface area contributed by atoms with E-state index in [9.17, 15) is 14.4 Å². The van der Waals surface area contributed by atoms with Gasteiger partial charge in [0.15, 0.2) is 5.69 Å². The molecule has 0 radical (unpaired) electrons. The molecule has 4 rings (SSSR count). The predicted octanol–water partition coefficient (Wildman–Crippen LogP) is 2.32. The summed E-state index contributed by atoms with van der Waals surface area (Å²) in [5.41, 5.74) is 6.22. The highest BCUT2D eigenvalue weighted by Gasteiger charge is 2.60. The van der Waals surface area contributed by atoms with Crippen LogP contribution < -0.4 is 11.1 Å². The number of rotatable bonds is 6. The van der Waals surface area contributed by atoms with E-state index >= 15 is 0 Å². The van der Waals surface area contributed by atoms with Gasteiger partial charge in [-0.15, -0.1) is 23.2 Å². The van der Waals surface area contributed by atoms with Crippen LogP contribution in [-0.4, -0.2) is 55.4 Å². The number of para-hydroxylation sites is 1. The van der Waals surface area contributed by atoms with E-state index in [2.05, 4.69) is 10.4 Å². The van der Waals surface area contributed by atoms with Gasteiger partial charge >= 0.3 is 0 Å². The zero-order chi connectivity index (χ0) is 23.4. The van der Waals surface area contributed by atoms with Crippen LogP contribution in [-0.2, 0) is 16.1 Å². The molecule has 10 heteroatoms. The van der Waals surface area contributed by atoms with E-state index in [0.717, 1.165) is 0 Å². The minimum absolute atomic E-state index is 0.00200. The molecule has 2 heterocycles. The van der Waals surface area contributed by atoms with Crippen LogP contribution in [0.15, 0.2) is 24.3 Å². The fourth-order valence-corrected chi connectivity index (χ4v) is 5.41. The van der Waals surface area contributed by atoms with E-state index in [4.69, 9.17) is 28.9 Å². The molecule has 3 N–H and O–H groups in total. The Morgan fingerprint density at radius 3 is 2.50 bits per heavy atom. The number of nitrogens with zero attached hydrogens (tertiary/aromatic N) is 3. The molecule has 1 saturated heterocycles. The number of alkyl halides is 2. The van der Waals surface area contributed by atoms with Crippen molar-refractivity contribution >= 4 is 51.8 Å². The van der Waals surface area contributed by atoms with Crippen LogP contribution in [0.3, 0.4) is 0 Å². The largest absolute Gasteiger partial charge is 0.364 e. The summed E-state index contributed by atoms with van der Waals surface area (Å²) in [6.07, 6.45) is 0.568. The Balaban J connectivity index is 1.52. The Bertz CT molecular complexity index is 1080. The molecule has 1 aromatic carbocycles. The first-order valence-electron chi connectivity index (χ1n) is 10.8. The normalized spacial score (nSPS) is 28.7. The Morgan fingerprint density at radius 1 is 1.22 bits per heavy atom. The van der Waals surface area contributed by atoms with Crippen LogP contribution >= 0.6 is 23.2 Å². The average Bonchev–Trinajstić information content (AvgIpc) is 3.02. The summed E-state index contributed by atoms with van der Waals surface area (Å²) >= 11 is 12.4. The van der Waals surface area contributed by atoms with Gasteiger partial charge in [0.2, 0.25) is 11.8 Å². The van der Waals surface area contributed by atoms with E-state index in [1.165, 1.54) is 4.68 Å². The number of amides is 3. The number of carbonyl (C=O) groups is 3. The molecule has 172 valence electrons. The number of benzene rings is 1. The van der Waals surface area contributed by atoms with Gasteiger partial charge in [-0.1, -0.05) is 32.0 Å². The number of nitrogens with two attached hydrogens (primary N) is 1. The Morgan fingerprint density at radius 2 is 1.88 bits per heavy atom. The van der Waals surface area contributed by atoms with Gasteiger partial charge in [0.1, 0.15) is 16.9 Å². The lowest BCUT2D eigenvalue weighted by atomic mass is 10.0. The molecule has 2 unspecified atom stereocenters. The van der Waals surface area contributed by atoms with Crippen LogP contribution in [0.25, 0.3) is 10.9 Å². The van der Waals surface area contributed by atoms with Crippen molar-refractivity contribution in [1.82, 2.24) is 20.0 Å². The van der Waals surface area contributed by atoms with Crippen molar-refractivity contribution in [2.75, 3.05) is 6.54 Å². The molecule has 0 spiro atoms. The van der Waals surface area contributed by atoms with Crippen molar-refractivity contribution in [1.29, 1.82) is 0 Å². The number of aromatic nitrogens is 2. The number of carbonyl (C=O) groups excluding carboxylic acids is 3. The standard InChI is InChI=1S/C22H27Cl2N5O3/c1-11-8-17(21(32)26-9-15-12(2)22(15,23)24)29(13(11)3)18(30)10-28-16-7-5-4-6-14(16)19(27-28)20(25)31/h4-7,11-13,15,17H,8-10H2,1-3H3,(H2,25,31)(H,26,32)/t11-,12?,13-,15?,17+/m1/s1. The molecule has 1 aromatic heterocycles. The summed E-state index contributed by atoms with van der Waals surface area (Å²) in [5.74, 6) is -0.839. The summed E-state index contributed by atoms with van der Waals surface area (Å²) in [4.78, 5) is 39.7. The highest BCUT2D eigenvalue weighted by atomic mass is 35.5. The number of nitrogens with one attached hydrogen (secondary N) is 1. The predicted molar refractivity (Wildman–Crippen MR) is 122 cm³/mol. The maximum atomic E-state index is 13.3. The summed E-state index contributed by atoms with van der Waals surface area (Å²) in [6, 6.07) is 6.41. The first-order valence-corrected chi connectivity index (χ1v) is 11.5. The van der Waals surface area contributed by atoms with Crippen LogP contribution in [0.2, 0.25) is 0 Å². The highest BCUT2D eigenvalue weighted by Crippen LogP contribution is 2.58. The van der Waals surface area contributed by atoms with Crippen LogP contribution in [0.4, 0.5) is 0 Å². The van der Waals surface area contributed by atoms with E-state index in [0.29, 0.717) is 23.9 Å². The SMILES string of the molecule is CC1C(CNC(=O)[C@@H]2C[C@@H](C)[C@@H](C)N2C(=O)Cn2nc(C(N)=O)c3ccccc32)C1(Cl)Cl. The third-order valence-electron chi connectivity index (χ3n) is 7.05. The molecule has 2 aromatic rings. The molecule has 1 aliphatic heterocycles. The molecule has 32 heavy (non-hydrogen) atoms. The molecule has 2 fully saturated rings. The summed E-state index contributed by atoms with van der Waals surface area (Å²) in [6.45, 7) is 6.19. The van der Waals surface area contributed by atoms with E-state index in [1.54, 1.807) is 29.2 Å². The van der Waals surface area contributed by atoms with Crippen LogP contribution in [0, 0.1) is 17.8 Å². The second-order valence-electron chi connectivity index (χ2n) is 8.97. The molecular formula is C22H27Cl2N5O3. The zero-order valence-corrected chi connectivity index (χ0v) is 19.7. The number of fused-ring (bicyclic) bond motifs is 1. The smallest absolute Gasteiger partial charge is 0.269 e.